The summed E-state index contributed by atoms with van der Waals surface area (Å²) < 4.78 is 0. The third-order valence-corrected chi connectivity index (χ3v) is 6.07. The Morgan fingerprint density at radius 2 is 1.71 bits per heavy atom. The molecule has 0 unspecified atom stereocenters. The van der Waals surface area contributed by atoms with E-state index in [0.29, 0.717) is 16.6 Å². The zero-order valence-corrected chi connectivity index (χ0v) is 18.2. The lowest BCUT2D eigenvalue weighted by Gasteiger charge is -2.28. The molecule has 0 radical (unpaired) electrons. The van der Waals surface area contributed by atoms with Crippen LogP contribution in [-0.4, -0.2) is 5.16 Å². The normalized spacial score (nSPS) is 18.7. The van der Waals surface area contributed by atoms with E-state index in [2.05, 4.69) is 65.4 Å². The maximum Gasteiger partial charge on any atom is 0.0955 e. The first-order chi connectivity index (χ1) is 13.6. The molecule has 28 heavy (non-hydrogen) atoms. The van der Waals surface area contributed by atoms with Crippen LogP contribution in [0.2, 0.25) is 5.02 Å². The van der Waals surface area contributed by atoms with Crippen molar-refractivity contribution in [1.82, 2.24) is 0 Å². The van der Waals surface area contributed by atoms with Gasteiger partial charge in [-0.2, -0.15) is 4.99 Å². The molecule has 3 rings (SSSR count). The van der Waals surface area contributed by atoms with Gasteiger partial charge in [0.1, 0.15) is 0 Å². The number of rotatable bonds is 4. The minimum Gasteiger partial charge on any atom is -0.193 e. The smallest absolute Gasteiger partial charge is 0.0955 e. The predicted octanol–water partition coefficient (Wildman–Crippen LogP) is 7.86. The number of aliphatic imine (C=N–C) groups is 1. The molecule has 2 aromatic carbocycles. The molecule has 3 heteroatoms. The summed E-state index contributed by atoms with van der Waals surface area (Å²) in [7, 11) is 0. The molecule has 0 amide bonds. The molecule has 2 aromatic rings. The Morgan fingerprint density at radius 1 is 1.04 bits per heavy atom. The third-order valence-electron chi connectivity index (χ3n) is 5.69. The van der Waals surface area contributed by atoms with Gasteiger partial charge in [-0.3, -0.25) is 0 Å². The molecule has 0 aliphatic heterocycles. The number of halogens is 1. The molecule has 1 fully saturated rings. The summed E-state index contributed by atoms with van der Waals surface area (Å²) in [6, 6.07) is 12.6. The summed E-state index contributed by atoms with van der Waals surface area (Å²) in [5, 5.41) is 2.92. The summed E-state index contributed by atoms with van der Waals surface area (Å²) in [6.07, 6.45) is 8.11. The lowest BCUT2D eigenvalue weighted by atomic mass is 9.77. The molecule has 1 nitrogen and oxygen atoms in total. The number of hydrogen-bond donors (Lipinski definition) is 0. The zero-order chi connectivity index (χ0) is 19.9. The van der Waals surface area contributed by atoms with Crippen LogP contribution in [0.1, 0.15) is 73.6 Å². The van der Waals surface area contributed by atoms with Crippen molar-refractivity contribution in [2.75, 3.05) is 0 Å². The second-order valence-corrected chi connectivity index (χ2v) is 8.29. The average molecular weight is 408 g/mol. The van der Waals surface area contributed by atoms with Crippen LogP contribution in [0.25, 0.3) is 0 Å². The Morgan fingerprint density at radius 3 is 2.32 bits per heavy atom. The summed E-state index contributed by atoms with van der Waals surface area (Å²) in [6.45, 7) is 4.25. The highest BCUT2D eigenvalue weighted by Crippen LogP contribution is 2.37. The van der Waals surface area contributed by atoms with Crippen LogP contribution < -0.4 is 0 Å². The summed E-state index contributed by atoms with van der Waals surface area (Å²) in [5.74, 6) is 8.11. The molecule has 0 aromatic heterocycles. The molecule has 0 bridgehead atoms. The number of hydrogen-bond acceptors (Lipinski definition) is 2. The molecule has 0 heterocycles. The van der Waals surface area contributed by atoms with Crippen molar-refractivity contribution >= 4 is 34.7 Å². The van der Waals surface area contributed by atoms with E-state index < -0.39 is 0 Å². The van der Waals surface area contributed by atoms with Crippen molar-refractivity contribution < 1.29 is 0 Å². The zero-order valence-electron chi connectivity index (χ0n) is 16.6. The summed E-state index contributed by atoms with van der Waals surface area (Å²) in [4.78, 5) is 4.02. The average Bonchev–Trinajstić information content (AvgIpc) is 2.70. The van der Waals surface area contributed by atoms with Crippen LogP contribution >= 0.6 is 23.8 Å². The minimum absolute atomic E-state index is 0.552. The maximum atomic E-state index is 6.28. The van der Waals surface area contributed by atoms with Gasteiger partial charge in [0, 0.05) is 11.1 Å². The second-order valence-electron chi connectivity index (χ2n) is 7.70. The lowest BCUT2D eigenvalue weighted by Crippen LogP contribution is -2.13. The molecule has 144 valence electrons. The minimum atomic E-state index is 0.552. The predicted molar refractivity (Wildman–Crippen MR) is 123 cm³/mol. The fourth-order valence-electron chi connectivity index (χ4n) is 4.17. The fourth-order valence-corrected chi connectivity index (χ4v) is 4.57. The van der Waals surface area contributed by atoms with Crippen LogP contribution in [0.4, 0.5) is 5.69 Å². The van der Waals surface area contributed by atoms with Gasteiger partial charge in [0.25, 0.3) is 0 Å². The Labute approximate surface area is 179 Å². The van der Waals surface area contributed by atoms with Crippen molar-refractivity contribution in [2.45, 2.75) is 58.3 Å². The highest BCUT2D eigenvalue weighted by molar-refractivity contribution is 7.78. The highest BCUT2D eigenvalue weighted by atomic mass is 35.5. The van der Waals surface area contributed by atoms with Crippen molar-refractivity contribution in [3.05, 3.63) is 63.7 Å². The van der Waals surface area contributed by atoms with E-state index in [9.17, 15) is 0 Å². The maximum absolute atomic E-state index is 6.28. The van der Waals surface area contributed by atoms with Gasteiger partial charge in [-0.15, -0.1) is 0 Å². The molecular formula is C25H26ClNS. The van der Waals surface area contributed by atoms with E-state index in [1.54, 1.807) is 0 Å². The first-order valence-corrected chi connectivity index (χ1v) is 10.9. The van der Waals surface area contributed by atoms with E-state index in [-0.39, 0.29) is 0 Å². The number of nitrogens with zero attached hydrogens (tertiary/aromatic N) is 1. The van der Waals surface area contributed by atoms with Crippen LogP contribution in [0, 0.1) is 24.7 Å². The SMILES string of the molecule is CCCC1CCC(c2ccc(C#Cc3cc(C)c(N=C=S)c(Cl)c3)cc2)CC1. The Hall–Kier alpha value is -1.91. The Bertz CT molecular complexity index is 898. The number of isothiocyanates is 1. The van der Waals surface area contributed by atoms with E-state index in [0.717, 1.165) is 22.6 Å². The highest BCUT2D eigenvalue weighted by Gasteiger charge is 2.21. The van der Waals surface area contributed by atoms with Crippen LogP contribution in [0.15, 0.2) is 41.4 Å². The summed E-state index contributed by atoms with van der Waals surface area (Å²) in [5.41, 5.74) is 4.98. The van der Waals surface area contributed by atoms with Crippen molar-refractivity contribution in [2.24, 2.45) is 10.9 Å². The Kier molecular flexibility index (Phi) is 7.46. The van der Waals surface area contributed by atoms with E-state index >= 15 is 0 Å². The largest absolute Gasteiger partial charge is 0.193 e. The molecule has 0 saturated heterocycles. The van der Waals surface area contributed by atoms with Gasteiger partial charge in [0.2, 0.25) is 0 Å². The van der Waals surface area contributed by atoms with Crippen molar-refractivity contribution in [3.8, 4) is 11.8 Å². The van der Waals surface area contributed by atoms with Gasteiger partial charge in [-0.25, -0.2) is 0 Å². The van der Waals surface area contributed by atoms with Crippen molar-refractivity contribution in [1.29, 1.82) is 0 Å². The van der Waals surface area contributed by atoms with Gasteiger partial charge >= 0.3 is 0 Å². The van der Waals surface area contributed by atoms with E-state index in [1.165, 1.54) is 44.1 Å². The monoisotopic (exact) mass is 407 g/mol. The third kappa shape index (κ3) is 5.33. The lowest BCUT2D eigenvalue weighted by molar-refractivity contribution is 0.308. The second kappa shape index (κ2) is 10.0. The molecule has 0 spiro atoms. The standard InChI is InChI=1S/C25H26ClNS/c1-3-4-19-7-11-22(12-8-19)23-13-9-20(10-14-23)5-6-21-15-18(2)25(27-17-28)24(26)16-21/h9-10,13-16,19,22H,3-4,7-8,11-12H2,1-2H3. The first kappa shape index (κ1) is 20.8. The number of thiocarbonyl (C=S) groups is 1. The number of aryl methyl sites for hydroxylation is 1. The van der Waals surface area contributed by atoms with Gasteiger partial charge in [0.05, 0.1) is 15.9 Å². The van der Waals surface area contributed by atoms with Crippen molar-refractivity contribution in [3.63, 3.8) is 0 Å². The van der Waals surface area contributed by atoms with Crippen LogP contribution in [-0.2, 0) is 0 Å². The molecular weight excluding hydrogens is 382 g/mol. The Balaban J connectivity index is 1.68. The molecule has 1 saturated carbocycles. The van der Waals surface area contributed by atoms with Gasteiger partial charge in [-0.1, -0.05) is 55.3 Å². The van der Waals surface area contributed by atoms with E-state index in [1.807, 2.05) is 19.1 Å². The molecule has 1 aliphatic rings. The fraction of sp³-hybridized carbons (Fsp3) is 0.400. The topological polar surface area (TPSA) is 12.4 Å². The van der Waals surface area contributed by atoms with Crippen LogP contribution in [0.5, 0.6) is 0 Å². The van der Waals surface area contributed by atoms with Gasteiger partial charge in [0.15, 0.2) is 0 Å². The summed E-state index contributed by atoms with van der Waals surface area (Å²) >= 11 is 11.0. The van der Waals surface area contributed by atoms with Crippen LogP contribution in [0.3, 0.4) is 0 Å². The van der Waals surface area contributed by atoms with Gasteiger partial charge in [-0.05, 0) is 92.1 Å². The first-order valence-electron chi connectivity index (χ1n) is 10.1. The number of benzene rings is 2. The molecule has 0 atom stereocenters. The molecule has 0 N–H and O–H groups in total. The quantitative estimate of drug-likeness (QED) is 0.285. The van der Waals surface area contributed by atoms with E-state index in [4.69, 9.17) is 11.6 Å². The molecule has 1 aliphatic carbocycles. The van der Waals surface area contributed by atoms with Gasteiger partial charge < -0.3 is 0 Å².